The molecule has 1 aromatic heterocycles. The predicted molar refractivity (Wildman–Crippen MR) is 93.1 cm³/mol. The highest BCUT2D eigenvalue weighted by atomic mass is 35.5. The molecule has 0 saturated carbocycles. The van der Waals surface area contributed by atoms with Gasteiger partial charge in [0.1, 0.15) is 10.8 Å². The van der Waals surface area contributed by atoms with Gasteiger partial charge >= 0.3 is 5.97 Å². The maximum atomic E-state index is 12.0. The second-order valence-electron chi connectivity index (χ2n) is 5.09. The predicted octanol–water partition coefficient (Wildman–Crippen LogP) is 4.92. The fourth-order valence-corrected chi connectivity index (χ4v) is 3.21. The normalized spacial score (nSPS) is 10.5. The maximum absolute atomic E-state index is 12.0. The molecule has 0 atom stereocenters. The van der Waals surface area contributed by atoms with Gasteiger partial charge < -0.3 is 4.74 Å². The maximum Gasteiger partial charge on any atom is 0.317 e. The summed E-state index contributed by atoms with van der Waals surface area (Å²) in [4.78, 5) is 16.5. The summed E-state index contributed by atoms with van der Waals surface area (Å²) in [6, 6.07) is 14.9. The van der Waals surface area contributed by atoms with Crippen LogP contribution in [0.3, 0.4) is 0 Å². The number of rotatable bonds is 4. The molecule has 2 aromatic carbocycles. The average molecular weight is 344 g/mol. The highest BCUT2D eigenvalue weighted by Crippen LogP contribution is 2.30. The lowest BCUT2D eigenvalue weighted by atomic mass is 10.2. The Balaban J connectivity index is 1.68. The zero-order valence-electron chi connectivity index (χ0n) is 12.5. The minimum absolute atomic E-state index is 0.134. The van der Waals surface area contributed by atoms with Gasteiger partial charge in [-0.25, -0.2) is 4.98 Å². The van der Waals surface area contributed by atoms with Crippen molar-refractivity contribution in [3.8, 4) is 16.3 Å². The van der Waals surface area contributed by atoms with E-state index in [1.807, 2.05) is 48.7 Å². The summed E-state index contributed by atoms with van der Waals surface area (Å²) >= 11 is 7.63. The van der Waals surface area contributed by atoms with Crippen molar-refractivity contribution in [1.29, 1.82) is 0 Å². The zero-order chi connectivity index (χ0) is 16.2. The van der Waals surface area contributed by atoms with Crippen molar-refractivity contribution in [2.75, 3.05) is 0 Å². The topological polar surface area (TPSA) is 39.2 Å². The Morgan fingerprint density at radius 3 is 2.65 bits per heavy atom. The molecule has 0 saturated heterocycles. The number of hydrogen-bond acceptors (Lipinski definition) is 4. The molecular weight excluding hydrogens is 330 g/mol. The zero-order valence-corrected chi connectivity index (χ0v) is 14.0. The largest absolute Gasteiger partial charge is 0.426 e. The fourth-order valence-electron chi connectivity index (χ4n) is 2.07. The first-order valence-electron chi connectivity index (χ1n) is 7.08. The third kappa shape index (κ3) is 3.97. The number of benzene rings is 2. The summed E-state index contributed by atoms with van der Waals surface area (Å²) in [5, 5.41) is 3.30. The van der Waals surface area contributed by atoms with Crippen LogP contribution >= 0.6 is 22.9 Å². The van der Waals surface area contributed by atoms with Gasteiger partial charge in [-0.1, -0.05) is 47.5 Å². The van der Waals surface area contributed by atoms with E-state index < -0.39 is 0 Å². The molecule has 3 nitrogen and oxygen atoms in total. The van der Waals surface area contributed by atoms with Gasteiger partial charge in [0.25, 0.3) is 0 Å². The molecule has 1 heterocycles. The van der Waals surface area contributed by atoms with E-state index in [1.54, 1.807) is 12.1 Å². The van der Waals surface area contributed by atoms with Gasteiger partial charge in [-0.3, -0.25) is 4.79 Å². The van der Waals surface area contributed by atoms with Crippen molar-refractivity contribution in [2.45, 2.75) is 13.3 Å². The molecule has 0 amide bonds. The van der Waals surface area contributed by atoms with Crippen LogP contribution in [0.15, 0.2) is 53.9 Å². The smallest absolute Gasteiger partial charge is 0.317 e. The first kappa shape index (κ1) is 15.7. The standard InChI is InChI=1S/C18H14ClNO2S/c1-12-6-8-14(9-7-12)22-17(21)10-13-11-23-18(20-13)15-4-2-3-5-16(15)19/h2-9,11H,10H2,1H3. The van der Waals surface area contributed by atoms with Gasteiger partial charge in [0, 0.05) is 10.9 Å². The Morgan fingerprint density at radius 1 is 1.17 bits per heavy atom. The summed E-state index contributed by atoms with van der Waals surface area (Å²) in [6.07, 6.45) is 0.134. The molecule has 0 aliphatic heterocycles. The van der Waals surface area contributed by atoms with Crippen LogP contribution in [0, 0.1) is 6.92 Å². The van der Waals surface area contributed by atoms with E-state index in [0.29, 0.717) is 16.5 Å². The fraction of sp³-hybridized carbons (Fsp3) is 0.111. The molecule has 0 aliphatic rings. The van der Waals surface area contributed by atoms with E-state index in [0.717, 1.165) is 16.1 Å². The molecule has 0 fully saturated rings. The quantitative estimate of drug-likeness (QED) is 0.498. The van der Waals surface area contributed by atoms with E-state index in [1.165, 1.54) is 11.3 Å². The number of esters is 1. The van der Waals surface area contributed by atoms with Gasteiger partial charge in [-0.05, 0) is 25.1 Å². The molecule has 0 bridgehead atoms. The van der Waals surface area contributed by atoms with E-state index in [9.17, 15) is 4.79 Å². The number of ether oxygens (including phenoxy) is 1. The number of aromatic nitrogens is 1. The van der Waals surface area contributed by atoms with Gasteiger partial charge in [0.2, 0.25) is 0 Å². The summed E-state index contributed by atoms with van der Waals surface area (Å²) in [6.45, 7) is 1.98. The SMILES string of the molecule is Cc1ccc(OC(=O)Cc2csc(-c3ccccc3Cl)n2)cc1. The number of thiazole rings is 1. The van der Waals surface area contributed by atoms with Crippen molar-refractivity contribution in [1.82, 2.24) is 4.98 Å². The van der Waals surface area contributed by atoms with Crippen molar-refractivity contribution in [2.24, 2.45) is 0 Å². The van der Waals surface area contributed by atoms with Crippen LogP contribution in [0.4, 0.5) is 0 Å². The first-order valence-corrected chi connectivity index (χ1v) is 8.34. The van der Waals surface area contributed by atoms with Crippen molar-refractivity contribution in [3.63, 3.8) is 0 Å². The van der Waals surface area contributed by atoms with Gasteiger partial charge in [0.05, 0.1) is 17.1 Å². The van der Waals surface area contributed by atoms with Crippen LogP contribution in [0.25, 0.3) is 10.6 Å². The van der Waals surface area contributed by atoms with Crippen LogP contribution in [-0.4, -0.2) is 11.0 Å². The van der Waals surface area contributed by atoms with Crippen molar-refractivity contribution < 1.29 is 9.53 Å². The van der Waals surface area contributed by atoms with E-state index in [2.05, 4.69) is 4.98 Å². The molecule has 0 spiro atoms. The van der Waals surface area contributed by atoms with E-state index in [-0.39, 0.29) is 12.4 Å². The summed E-state index contributed by atoms with van der Waals surface area (Å²) in [5.74, 6) is 0.215. The number of nitrogens with zero attached hydrogens (tertiary/aromatic N) is 1. The Kier molecular flexibility index (Phi) is 4.74. The first-order chi connectivity index (χ1) is 11.1. The molecule has 116 valence electrons. The minimum atomic E-state index is -0.329. The second kappa shape index (κ2) is 6.94. The van der Waals surface area contributed by atoms with Crippen molar-refractivity contribution in [3.05, 3.63) is 70.2 Å². The van der Waals surface area contributed by atoms with Crippen LogP contribution < -0.4 is 4.74 Å². The highest BCUT2D eigenvalue weighted by Gasteiger charge is 2.12. The van der Waals surface area contributed by atoms with Crippen molar-refractivity contribution >= 4 is 28.9 Å². The number of aryl methyl sites for hydroxylation is 1. The van der Waals surface area contributed by atoms with Gasteiger partial charge in [-0.15, -0.1) is 11.3 Å². The van der Waals surface area contributed by atoms with E-state index >= 15 is 0 Å². The molecule has 23 heavy (non-hydrogen) atoms. The number of carbonyl (C=O) groups excluding carboxylic acids is 1. The van der Waals surface area contributed by atoms with Crippen LogP contribution in [-0.2, 0) is 11.2 Å². The average Bonchev–Trinajstić information content (AvgIpc) is 2.98. The summed E-state index contributed by atoms with van der Waals surface area (Å²) < 4.78 is 5.31. The molecule has 5 heteroatoms. The number of carbonyl (C=O) groups is 1. The summed E-state index contributed by atoms with van der Waals surface area (Å²) in [7, 11) is 0. The van der Waals surface area contributed by atoms with Gasteiger partial charge in [-0.2, -0.15) is 0 Å². The minimum Gasteiger partial charge on any atom is -0.426 e. The highest BCUT2D eigenvalue weighted by molar-refractivity contribution is 7.13. The lowest BCUT2D eigenvalue weighted by Crippen LogP contribution is -2.11. The van der Waals surface area contributed by atoms with Gasteiger partial charge in [0.15, 0.2) is 0 Å². The molecule has 3 aromatic rings. The third-order valence-electron chi connectivity index (χ3n) is 3.23. The third-order valence-corrected chi connectivity index (χ3v) is 4.49. The Hall–Kier alpha value is -2.17. The second-order valence-corrected chi connectivity index (χ2v) is 6.35. The Morgan fingerprint density at radius 2 is 1.91 bits per heavy atom. The molecule has 0 N–H and O–H groups in total. The van der Waals surface area contributed by atoms with E-state index in [4.69, 9.17) is 16.3 Å². The lowest BCUT2D eigenvalue weighted by molar-refractivity contribution is -0.133. The van der Waals surface area contributed by atoms with Crippen LogP contribution in [0.1, 0.15) is 11.3 Å². The number of hydrogen-bond donors (Lipinski definition) is 0. The Labute approximate surface area is 143 Å². The summed E-state index contributed by atoms with van der Waals surface area (Å²) in [5.41, 5.74) is 2.67. The molecule has 0 radical (unpaired) electrons. The molecule has 0 aliphatic carbocycles. The Bertz CT molecular complexity index is 827. The lowest BCUT2D eigenvalue weighted by Gasteiger charge is -2.03. The van der Waals surface area contributed by atoms with Crippen LogP contribution in [0.5, 0.6) is 5.75 Å². The van der Waals surface area contributed by atoms with Crippen LogP contribution in [0.2, 0.25) is 5.02 Å². The molecule has 3 rings (SSSR count). The molecular formula is C18H14ClNO2S. The number of halogens is 1. The molecule has 0 unspecified atom stereocenters. The monoisotopic (exact) mass is 343 g/mol.